The SMILES string of the molecule is CCNC1(c2ccccc2)CCC2(CC1)CC(c1cnc(C#N)nc1OC)C(=O)N2. The van der Waals surface area contributed by atoms with E-state index in [9.17, 15) is 4.79 Å². The number of hydrogen-bond acceptors (Lipinski definition) is 6. The minimum Gasteiger partial charge on any atom is -0.481 e. The summed E-state index contributed by atoms with van der Waals surface area (Å²) in [5.74, 6) is -0.0335. The number of rotatable bonds is 5. The van der Waals surface area contributed by atoms with E-state index in [1.807, 2.05) is 12.1 Å². The molecule has 1 saturated carbocycles. The topological polar surface area (TPSA) is 99.9 Å². The number of ether oxygens (including phenoxy) is 1. The molecule has 1 aliphatic carbocycles. The van der Waals surface area contributed by atoms with Crippen molar-refractivity contribution in [3.05, 3.63) is 53.5 Å². The Morgan fingerprint density at radius 2 is 2.00 bits per heavy atom. The number of carbonyl (C=O) groups excluding carboxylic acids is 1. The molecule has 7 heteroatoms. The highest BCUT2D eigenvalue weighted by atomic mass is 16.5. The van der Waals surface area contributed by atoms with Crippen molar-refractivity contribution in [3.63, 3.8) is 0 Å². The highest BCUT2D eigenvalue weighted by Crippen LogP contribution is 2.48. The minimum absolute atomic E-state index is 0.0164. The molecule has 2 aromatic rings. The van der Waals surface area contributed by atoms with Crippen molar-refractivity contribution in [2.45, 2.75) is 56.0 Å². The largest absolute Gasteiger partial charge is 0.481 e. The van der Waals surface area contributed by atoms with E-state index >= 15 is 0 Å². The molecule has 1 aromatic carbocycles. The highest BCUT2D eigenvalue weighted by Gasteiger charge is 2.50. The number of benzene rings is 1. The first-order valence-corrected chi connectivity index (χ1v) is 10.5. The van der Waals surface area contributed by atoms with E-state index < -0.39 is 0 Å². The summed E-state index contributed by atoms with van der Waals surface area (Å²) in [7, 11) is 1.50. The molecule has 1 saturated heterocycles. The molecule has 4 rings (SSSR count). The van der Waals surface area contributed by atoms with Crippen LogP contribution >= 0.6 is 0 Å². The average Bonchev–Trinajstić information content (AvgIpc) is 3.11. The van der Waals surface area contributed by atoms with Gasteiger partial charge in [-0.2, -0.15) is 10.2 Å². The predicted molar refractivity (Wildman–Crippen MR) is 112 cm³/mol. The quantitative estimate of drug-likeness (QED) is 0.793. The van der Waals surface area contributed by atoms with Crippen LogP contribution in [0.25, 0.3) is 0 Å². The molecule has 0 radical (unpaired) electrons. The van der Waals surface area contributed by atoms with Gasteiger partial charge in [-0.1, -0.05) is 37.3 Å². The number of amides is 1. The van der Waals surface area contributed by atoms with Gasteiger partial charge in [-0.15, -0.1) is 0 Å². The van der Waals surface area contributed by atoms with Crippen LogP contribution in [0.2, 0.25) is 0 Å². The molecule has 1 aromatic heterocycles. The molecular formula is C23H27N5O2. The van der Waals surface area contributed by atoms with Crippen LogP contribution in [0, 0.1) is 11.3 Å². The Hall–Kier alpha value is -2.98. The Kier molecular flexibility index (Phi) is 5.44. The maximum Gasteiger partial charge on any atom is 0.235 e. The van der Waals surface area contributed by atoms with Gasteiger partial charge in [0.15, 0.2) is 0 Å². The van der Waals surface area contributed by atoms with E-state index in [-0.39, 0.29) is 28.7 Å². The molecule has 1 aliphatic heterocycles. The van der Waals surface area contributed by atoms with Crippen molar-refractivity contribution in [3.8, 4) is 11.9 Å². The zero-order valence-corrected chi connectivity index (χ0v) is 17.4. The van der Waals surface area contributed by atoms with Crippen molar-refractivity contribution < 1.29 is 9.53 Å². The Morgan fingerprint density at radius 1 is 1.27 bits per heavy atom. The van der Waals surface area contributed by atoms with E-state index in [2.05, 4.69) is 51.8 Å². The molecule has 0 bridgehead atoms. The molecule has 1 atom stereocenters. The van der Waals surface area contributed by atoms with Crippen molar-refractivity contribution in [2.24, 2.45) is 0 Å². The van der Waals surface area contributed by atoms with E-state index in [1.165, 1.54) is 12.7 Å². The molecule has 2 aliphatic rings. The lowest BCUT2D eigenvalue weighted by Crippen LogP contribution is -2.53. The van der Waals surface area contributed by atoms with Gasteiger partial charge < -0.3 is 15.4 Å². The van der Waals surface area contributed by atoms with Crippen LogP contribution in [0.1, 0.15) is 61.9 Å². The second-order valence-electron chi connectivity index (χ2n) is 8.27. The summed E-state index contributed by atoms with van der Waals surface area (Å²) in [5, 5.41) is 16.0. The molecular weight excluding hydrogens is 378 g/mol. The molecule has 7 nitrogen and oxygen atoms in total. The first kappa shape index (κ1) is 20.3. The minimum atomic E-state index is -0.365. The zero-order valence-electron chi connectivity index (χ0n) is 17.4. The van der Waals surface area contributed by atoms with Gasteiger partial charge >= 0.3 is 0 Å². The van der Waals surface area contributed by atoms with Gasteiger partial charge in [0.05, 0.1) is 13.0 Å². The maximum atomic E-state index is 12.9. The Labute approximate surface area is 176 Å². The van der Waals surface area contributed by atoms with Crippen LogP contribution in [0.5, 0.6) is 5.88 Å². The van der Waals surface area contributed by atoms with Crippen LogP contribution in [0.15, 0.2) is 36.5 Å². The van der Waals surface area contributed by atoms with Gasteiger partial charge in [-0.3, -0.25) is 4.79 Å². The van der Waals surface area contributed by atoms with E-state index in [1.54, 1.807) is 6.20 Å². The summed E-state index contributed by atoms with van der Waals surface area (Å²) in [6, 6.07) is 12.5. The van der Waals surface area contributed by atoms with Crippen molar-refractivity contribution in [1.29, 1.82) is 5.26 Å². The fourth-order valence-corrected chi connectivity index (χ4v) is 5.11. The van der Waals surface area contributed by atoms with Gasteiger partial charge in [0.1, 0.15) is 6.07 Å². The summed E-state index contributed by atoms with van der Waals surface area (Å²) >= 11 is 0. The Balaban J connectivity index is 1.56. The zero-order chi connectivity index (χ0) is 21.2. The standard InChI is InChI=1S/C23H27N5O2/c1-3-26-23(16-7-5-4-6-8-16)11-9-22(10-12-23)13-17(20(29)28-22)18-15-25-19(14-24)27-21(18)30-2/h4-8,15,17,26H,3,9-13H2,1-2H3,(H,28,29). The second-order valence-corrected chi connectivity index (χ2v) is 8.27. The van der Waals surface area contributed by atoms with E-state index in [0.29, 0.717) is 17.9 Å². The normalized spacial score (nSPS) is 28.2. The Bertz CT molecular complexity index is 961. The van der Waals surface area contributed by atoms with Crippen LogP contribution in [-0.4, -0.2) is 35.1 Å². The second kappa shape index (κ2) is 8.04. The van der Waals surface area contributed by atoms with E-state index in [0.717, 1.165) is 32.2 Å². The summed E-state index contributed by atoms with van der Waals surface area (Å²) in [4.78, 5) is 21.1. The van der Waals surface area contributed by atoms with Gasteiger partial charge in [-0.05, 0) is 44.2 Å². The summed E-state index contributed by atoms with van der Waals surface area (Å²) in [6.07, 6.45) is 5.96. The predicted octanol–water partition coefficient (Wildman–Crippen LogP) is 2.78. The number of methoxy groups -OCH3 is 1. The van der Waals surface area contributed by atoms with Crippen LogP contribution < -0.4 is 15.4 Å². The van der Waals surface area contributed by atoms with Gasteiger partial charge in [0, 0.05) is 22.8 Å². The fourth-order valence-electron chi connectivity index (χ4n) is 5.11. The Morgan fingerprint density at radius 3 is 2.63 bits per heavy atom. The monoisotopic (exact) mass is 405 g/mol. The first-order chi connectivity index (χ1) is 14.5. The molecule has 156 valence electrons. The number of nitrogens with one attached hydrogen (secondary N) is 2. The molecule has 30 heavy (non-hydrogen) atoms. The van der Waals surface area contributed by atoms with Crippen molar-refractivity contribution in [2.75, 3.05) is 13.7 Å². The number of nitrogens with zero attached hydrogens (tertiary/aromatic N) is 3. The third-order valence-electron chi connectivity index (χ3n) is 6.65. The van der Waals surface area contributed by atoms with Crippen LogP contribution in [-0.2, 0) is 10.3 Å². The molecule has 2 fully saturated rings. The lowest BCUT2D eigenvalue weighted by Gasteiger charge is -2.46. The first-order valence-electron chi connectivity index (χ1n) is 10.5. The number of nitriles is 1. The van der Waals surface area contributed by atoms with Gasteiger partial charge in [-0.25, -0.2) is 4.98 Å². The third kappa shape index (κ3) is 3.52. The van der Waals surface area contributed by atoms with Gasteiger partial charge in [0.2, 0.25) is 17.6 Å². The smallest absolute Gasteiger partial charge is 0.235 e. The van der Waals surface area contributed by atoms with Crippen molar-refractivity contribution >= 4 is 5.91 Å². The lowest BCUT2D eigenvalue weighted by molar-refractivity contribution is -0.121. The van der Waals surface area contributed by atoms with Gasteiger partial charge in [0.25, 0.3) is 0 Å². The highest BCUT2D eigenvalue weighted by molar-refractivity contribution is 5.87. The molecule has 2 N–H and O–H groups in total. The van der Waals surface area contributed by atoms with Crippen molar-refractivity contribution in [1.82, 2.24) is 20.6 Å². The third-order valence-corrected chi connectivity index (χ3v) is 6.65. The summed E-state index contributed by atoms with van der Waals surface area (Å²) in [5.41, 5.74) is 1.68. The van der Waals surface area contributed by atoms with Crippen LogP contribution in [0.4, 0.5) is 0 Å². The number of hydrogen-bond donors (Lipinski definition) is 2. The number of carbonyl (C=O) groups is 1. The van der Waals surface area contributed by atoms with Crippen LogP contribution in [0.3, 0.4) is 0 Å². The summed E-state index contributed by atoms with van der Waals surface area (Å²) < 4.78 is 5.35. The molecule has 1 amide bonds. The summed E-state index contributed by atoms with van der Waals surface area (Å²) in [6.45, 7) is 3.04. The van der Waals surface area contributed by atoms with E-state index in [4.69, 9.17) is 10.00 Å². The number of aromatic nitrogens is 2. The lowest BCUT2D eigenvalue weighted by atomic mass is 9.68. The maximum absolute atomic E-state index is 12.9. The fraction of sp³-hybridized carbons (Fsp3) is 0.478. The molecule has 1 unspecified atom stereocenters. The molecule has 1 spiro atoms. The average molecular weight is 406 g/mol. The molecule has 2 heterocycles.